The molecule has 8 aromatic rings. The Labute approximate surface area is 344 Å². The van der Waals surface area contributed by atoms with Gasteiger partial charge in [-0.05, 0) is 96.5 Å². The van der Waals surface area contributed by atoms with E-state index >= 15 is 0 Å². The fourth-order valence-electron chi connectivity index (χ4n) is 6.85. The van der Waals surface area contributed by atoms with Crippen molar-refractivity contribution < 1.29 is 18.9 Å². The summed E-state index contributed by atoms with van der Waals surface area (Å²) in [6.07, 6.45) is 3.47. The molecule has 0 saturated heterocycles. The van der Waals surface area contributed by atoms with Gasteiger partial charge >= 0.3 is 0 Å². The van der Waals surface area contributed by atoms with Gasteiger partial charge in [-0.15, -0.1) is 20.4 Å². The minimum absolute atomic E-state index is 0.194. The molecule has 0 atom stereocenters. The molecule has 11 heteroatoms. The summed E-state index contributed by atoms with van der Waals surface area (Å²) in [5.74, 6) is 6.15. The topological polar surface area (TPSA) is 119 Å². The minimum Gasteiger partial charge on any atom is -0.457 e. The number of hydrogen-bond acceptors (Lipinski definition) is 10. The van der Waals surface area contributed by atoms with Crippen LogP contribution in [0.1, 0.15) is 88.4 Å². The third kappa shape index (κ3) is 8.41. The van der Waals surface area contributed by atoms with Gasteiger partial charge in [-0.3, -0.25) is 4.57 Å². The average molecular weight is 786 g/mol. The second-order valence-corrected chi connectivity index (χ2v) is 16.4. The van der Waals surface area contributed by atoms with Gasteiger partial charge in [0.2, 0.25) is 11.8 Å². The molecular weight excluding hydrogens is 739 g/mol. The first-order valence-electron chi connectivity index (χ1n) is 19.8. The number of hydrogen-bond donors (Lipinski definition) is 0. The van der Waals surface area contributed by atoms with E-state index in [9.17, 15) is 0 Å². The Balaban J connectivity index is 1.21. The Hall–Kier alpha value is -6.88. The lowest BCUT2D eigenvalue weighted by molar-refractivity contribution is 0.444. The number of pyridine rings is 2. The van der Waals surface area contributed by atoms with Gasteiger partial charge in [-0.1, -0.05) is 60.6 Å². The van der Waals surface area contributed by atoms with Crippen LogP contribution in [0.3, 0.4) is 0 Å². The van der Waals surface area contributed by atoms with E-state index in [1.807, 2.05) is 124 Å². The predicted octanol–water partition coefficient (Wildman–Crippen LogP) is 12.5. The van der Waals surface area contributed by atoms with Crippen LogP contribution in [0.25, 0.3) is 27.8 Å². The number of fused-ring (bicyclic) bond motifs is 3. The molecular formula is C48H47N7O4. The fraction of sp³-hybridized carbons (Fsp3) is 0.250. The van der Waals surface area contributed by atoms with Gasteiger partial charge < -0.3 is 18.9 Å². The van der Waals surface area contributed by atoms with Crippen molar-refractivity contribution in [3.05, 3.63) is 138 Å². The summed E-state index contributed by atoms with van der Waals surface area (Å²) in [5.41, 5.74) is 5.50. The van der Waals surface area contributed by atoms with E-state index in [-0.39, 0.29) is 17.3 Å². The number of ether oxygens (including phenoxy) is 4. The standard InChI is InChI=1S/C48H47N7O4/c1-28(2)36-14-10-34(58-44-22-30(5)18-20-49-44)26-42(36)56-32-12-16-38-39-17-13-33(25-41(39)55(40(38)24-32)47-53-51-46(52-54-47)48(7,8)9)57-43-27-35(11-15-37(43)29(3)4)59-45-23-31(6)19-21-50-45/h10-29H,1-9H3. The second kappa shape index (κ2) is 15.8. The van der Waals surface area contributed by atoms with Gasteiger partial charge in [0.15, 0.2) is 5.82 Å². The second-order valence-electron chi connectivity index (χ2n) is 16.4. The zero-order valence-corrected chi connectivity index (χ0v) is 34.8. The SMILES string of the molecule is Cc1ccnc(Oc2ccc(C(C)C)c(Oc3ccc4c5ccc(Oc6cc(Oc7cc(C)ccn7)ccc6C(C)C)cc5n(-c5nnc(C(C)(C)C)nn5)c4c3)c2)c1. The highest BCUT2D eigenvalue weighted by Crippen LogP contribution is 2.41. The first kappa shape index (κ1) is 39.0. The monoisotopic (exact) mass is 785 g/mol. The summed E-state index contributed by atoms with van der Waals surface area (Å²) in [6, 6.07) is 31.5. The van der Waals surface area contributed by atoms with Gasteiger partial charge in [-0.2, -0.15) is 0 Å². The van der Waals surface area contributed by atoms with Crippen molar-refractivity contribution in [3.8, 4) is 52.2 Å². The van der Waals surface area contributed by atoms with Crippen molar-refractivity contribution in [3.63, 3.8) is 0 Å². The van der Waals surface area contributed by atoms with Crippen LogP contribution in [-0.4, -0.2) is 34.9 Å². The summed E-state index contributed by atoms with van der Waals surface area (Å²) in [4.78, 5) is 8.75. The highest BCUT2D eigenvalue weighted by molar-refractivity contribution is 6.09. The normalized spacial score (nSPS) is 11.8. The summed E-state index contributed by atoms with van der Waals surface area (Å²) in [6.45, 7) is 18.7. The van der Waals surface area contributed by atoms with E-state index in [0.29, 0.717) is 58.0 Å². The zero-order valence-electron chi connectivity index (χ0n) is 34.8. The summed E-state index contributed by atoms with van der Waals surface area (Å²) in [7, 11) is 0. The molecule has 4 aromatic carbocycles. The molecule has 8 rings (SSSR count). The third-order valence-electron chi connectivity index (χ3n) is 9.94. The van der Waals surface area contributed by atoms with Gasteiger partial charge in [0, 0.05) is 65.0 Å². The van der Waals surface area contributed by atoms with Crippen molar-refractivity contribution in [2.75, 3.05) is 0 Å². The largest absolute Gasteiger partial charge is 0.457 e. The molecule has 0 bridgehead atoms. The number of aryl methyl sites for hydroxylation is 2. The fourth-order valence-corrected chi connectivity index (χ4v) is 6.85. The minimum atomic E-state index is -0.328. The average Bonchev–Trinajstić information content (AvgIpc) is 3.50. The van der Waals surface area contributed by atoms with Crippen LogP contribution >= 0.6 is 0 Å². The molecule has 0 saturated carbocycles. The van der Waals surface area contributed by atoms with Crippen molar-refractivity contribution in [2.45, 2.75) is 79.6 Å². The molecule has 59 heavy (non-hydrogen) atoms. The maximum absolute atomic E-state index is 6.70. The molecule has 4 heterocycles. The molecule has 0 fully saturated rings. The molecule has 0 aliphatic heterocycles. The van der Waals surface area contributed by atoms with Gasteiger partial charge in [-0.25, -0.2) is 9.97 Å². The highest BCUT2D eigenvalue weighted by Gasteiger charge is 2.22. The van der Waals surface area contributed by atoms with E-state index < -0.39 is 0 Å². The Bertz CT molecular complexity index is 2650. The van der Waals surface area contributed by atoms with Crippen molar-refractivity contribution in [2.24, 2.45) is 0 Å². The lowest BCUT2D eigenvalue weighted by Crippen LogP contribution is -2.19. The van der Waals surface area contributed by atoms with Crippen LogP contribution in [0.5, 0.6) is 46.3 Å². The molecule has 0 aliphatic rings. The van der Waals surface area contributed by atoms with Crippen LogP contribution in [0.15, 0.2) is 109 Å². The molecule has 0 unspecified atom stereocenters. The zero-order chi connectivity index (χ0) is 41.4. The van der Waals surface area contributed by atoms with Gasteiger partial charge in [0.25, 0.3) is 5.95 Å². The Morgan fingerprint density at radius 2 is 0.915 bits per heavy atom. The van der Waals surface area contributed by atoms with E-state index in [1.54, 1.807) is 12.4 Å². The quantitative estimate of drug-likeness (QED) is 0.125. The first-order valence-corrected chi connectivity index (χ1v) is 19.8. The lowest BCUT2D eigenvalue weighted by atomic mass is 9.96. The summed E-state index contributed by atoms with van der Waals surface area (Å²) < 4.78 is 27.7. The summed E-state index contributed by atoms with van der Waals surface area (Å²) >= 11 is 0. The Kier molecular flexibility index (Phi) is 10.4. The van der Waals surface area contributed by atoms with Gasteiger partial charge in [0.1, 0.15) is 34.5 Å². The van der Waals surface area contributed by atoms with E-state index in [0.717, 1.165) is 44.1 Å². The smallest absolute Gasteiger partial charge is 0.273 e. The molecule has 0 N–H and O–H groups in total. The van der Waals surface area contributed by atoms with Crippen LogP contribution < -0.4 is 18.9 Å². The lowest BCUT2D eigenvalue weighted by Gasteiger charge is -2.16. The molecule has 11 nitrogen and oxygen atoms in total. The van der Waals surface area contributed by atoms with E-state index in [4.69, 9.17) is 18.9 Å². The first-order chi connectivity index (χ1) is 28.3. The number of aromatic nitrogens is 7. The molecule has 0 radical (unpaired) electrons. The predicted molar refractivity (Wildman–Crippen MR) is 230 cm³/mol. The Morgan fingerprint density at radius 1 is 0.492 bits per heavy atom. The third-order valence-corrected chi connectivity index (χ3v) is 9.94. The summed E-state index contributed by atoms with van der Waals surface area (Å²) in [5, 5.41) is 20.2. The van der Waals surface area contributed by atoms with E-state index in [1.165, 1.54) is 0 Å². The highest BCUT2D eigenvalue weighted by atomic mass is 16.5. The van der Waals surface area contributed by atoms with Crippen LogP contribution in [-0.2, 0) is 5.41 Å². The van der Waals surface area contributed by atoms with Crippen LogP contribution in [0.4, 0.5) is 0 Å². The molecule has 0 spiro atoms. The van der Waals surface area contributed by atoms with Crippen molar-refractivity contribution >= 4 is 21.8 Å². The molecule has 0 amide bonds. The number of benzene rings is 4. The molecule has 0 aliphatic carbocycles. The van der Waals surface area contributed by atoms with Crippen LogP contribution in [0, 0.1) is 13.8 Å². The molecule has 4 aromatic heterocycles. The maximum atomic E-state index is 6.70. The van der Waals surface area contributed by atoms with Crippen LogP contribution in [0.2, 0.25) is 0 Å². The number of nitrogens with zero attached hydrogens (tertiary/aromatic N) is 7. The van der Waals surface area contributed by atoms with Crippen molar-refractivity contribution in [1.29, 1.82) is 0 Å². The van der Waals surface area contributed by atoms with E-state index in [2.05, 4.69) is 70.2 Å². The number of rotatable bonds is 11. The van der Waals surface area contributed by atoms with Crippen molar-refractivity contribution in [1.82, 2.24) is 34.9 Å². The van der Waals surface area contributed by atoms with Gasteiger partial charge in [0.05, 0.1) is 11.0 Å². The Morgan fingerprint density at radius 3 is 1.32 bits per heavy atom. The molecule has 298 valence electrons. The maximum Gasteiger partial charge on any atom is 0.273 e.